The van der Waals surface area contributed by atoms with E-state index < -0.39 is 0 Å². The molecule has 0 radical (unpaired) electrons. The van der Waals surface area contributed by atoms with Gasteiger partial charge in [0.15, 0.2) is 0 Å². The Balaban J connectivity index is 1.76. The fourth-order valence-electron chi connectivity index (χ4n) is 2.98. The van der Waals surface area contributed by atoms with Gasteiger partial charge in [-0.2, -0.15) is 0 Å². The summed E-state index contributed by atoms with van der Waals surface area (Å²) >= 11 is 0. The summed E-state index contributed by atoms with van der Waals surface area (Å²) in [5, 5.41) is 3.49. The van der Waals surface area contributed by atoms with Crippen molar-refractivity contribution in [3.63, 3.8) is 0 Å². The highest BCUT2D eigenvalue weighted by Gasteiger charge is 2.31. The molecule has 2 aliphatic heterocycles. The Hall–Kier alpha value is -0.120. The van der Waals surface area contributed by atoms with Crippen LogP contribution in [0.15, 0.2) is 0 Å². The molecule has 2 heterocycles. The van der Waals surface area contributed by atoms with E-state index in [2.05, 4.69) is 35.9 Å². The third-order valence-corrected chi connectivity index (χ3v) is 4.20. The molecule has 3 nitrogen and oxygen atoms in total. The lowest BCUT2D eigenvalue weighted by molar-refractivity contribution is 0.0807. The molecule has 2 saturated heterocycles. The number of hydrogen-bond acceptors (Lipinski definition) is 3. The molecule has 0 aliphatic carbocycles. The Bertz CT molecular complexity index is 213. The third kappa shape index (κ3) is 2.96. The van der Waals surface area contributed by atoms with E-state index >= 15 is 0 Å². The highest BCUT2D eigenvalue weighted by Crippen LogP contribution is 2.26. The molecule has 1 atom stereocenters. The quantitative estimate of drug-likeness (QED) is 0.773. The van der Waals surface area contributed by atoms with Crippen molar-refractivity contribution >= 4 is 0 Å². The molecule has 1 N–H and O–H groups in total. The van der Waals surface area contributed by atoms with Crippen LogP contribution in [0.5, 0.6) is 0 Å². The summed E-state index contributed by atoms with van der Waals surface area (Å²) in [7, 11) is 0. The molecule has 0 aromatic carbocycles. The van der Waals surface area contributed by atoms with Crippen molar-refractivity contribution in [3.8, 4) is 0 Å². The lowest BCUT2D eigenvalue weighted by atomic mass is 9.89. The van der Waals surface area contributed by atoms with Gasteiger partial charge in [0.25, 0.3) is 0 Å². The van der Waals surface area contributed by atoms with Crippen molar-refractivity contribution in [2.45, 2.75) is 33.2 Å². The summed E-state index contributed by atoms with van der Waals surface area (Å²) in [6.45, 7) is 15.8. The Morgan fingerprint density at radius 3 is 2.38 bits per heavy atom. The van der Waals surface area contributed by atoms with Gasteiger partial charge in [-0.3, -0.25) is 4.90 Å². The second kappa shape index (κ2) is 5.03. The first-order chi connectivity index (χ1) is 7.59. The molecule has 0 amide bonds. The van der Waals surface area contributed by atoms with Gasteiger partial charge >= 0.3 is 0 Å². The molecule has 0 aromatic heterocycles. The number of rotatable bonds is 3. The molecule has 3 heteroatoms. The molecule has 0 spiro atoms. The summed E-state index contributed by atoms with van der Waals surface area (Å²) in [4.78, 5) is 5.25. The smallest absolute Gasteiger partial charge is 0.0113 e. The largest absolute Gasteiger partial charge is 0.316 e. The zero-order valence-corrected chi connectivity index (χ0v) is 11.1. The SMILES string of the molecule is CC(C)N1CCN(CC2(C)CCNC2)CC1. The second-order valence-electron chi connectivity index (χ2n) is 6.14. The van der Waals surface area contributed by atoms with Crippen LogP contribution in [-0.2, 0) is 0 Å². The van der Waals surface area contributed by atoms with Crippen molar-refractivity contribution < 1.29 is 0 Å². The van der Waals surface area contributed by atoms with Gasteiger partial charge in [-0.25, -0.2) is 0 Å². The first-order valence-electron chi connectivity index (χ1n) is 6.76. The van der Waals surface area contributed by atoms with E-state index in [1.165, 1.54) is 52.2 Å². The predicted octanol–water partition coefficient (Wildman–Crippen LogP) is 1.01. The molecule has 0 aromatic rings. The van der Waals surface area contributed by atoms with Crippen molar-refractivity contribution in [3.05, 3.63) is 0 Å². The van der Waals surface area contributed by atoms with E-state index in [0.717, 1.165) is 0 Å². The van der Waals surface area contributed by atoms with Crippen molar-refractivity contribution in [2.75, 3.05) is 45.8 Å². The van der Waals surface area contributed by atoms with Gasteiger partial charge in [0.1, 0.15) is 0 Å². The van der Waals surface area contributed by atoms with Crippen LogP contribution in [0.2, 0.25) is 0 Å². The average Bonchev–Trinajstić information content (AvgIpc) is 2.65. The van der Waals surface area contributed by atoms with Gasteiger partial charge in [-0.1, -0.05) is 6.92 Å². The topological polar surface area (TPSA) is 18.5 Å². The predicted molar refractivity (Wildman–Crippen MR) is 68.7 cm³/mol. The minimum atomic E-state index is 0.528. The first kappa shape index (κ1) is 12.3. The van der Waals surface area contributed by atoms with Crippen LogP contribution < -0.4 is 5.32 Å². The standard InChI is InChI=1S/C13H27N3/c1-12(2)16-8-6-15(7-9-16)11-13(3)4-5-14-10-13/h12,14H,4-11H2,1-3H3. The molecular weight excluding hydrogens is 198 g/mol. The van der Waals surface area contributed by atoms with E-state index in [1.807, 2.05) is 0 Å². The van der Waals surface area contributed by atoms with Crippen LogP contribution in [0.1, 0.15) is 27.2 Å². The lowest BCUT2D eigenvalue weighted by Crippen LogP contribution is -2.51. The van der Waals surface area contributed by atoms with Gasteiger partial charge < -0.3 is 10.2 Å². The molecule has 94 valence electrons. The Morgan fingerprint density at radius 1 is 1.19 bits per heavy atom. The van der Waals surface area contributed by atoms with Gasteiger partial charge in [-0.05, 0) is 32.2 Å². The number of piperazine rings is 1. The molecule has 1 unspecified atom stereocenters. The summed E-state index contributed by atoms with van der Waals surface area (Å²) in [6, 6.07) is 0.714. The maximum atomic E-state index is 3.49. The van der Waals surface area contributed by atoms with Gasteiger partial charge in [0.2, 0.25) is 0 Å². The van der Waals surface area contributed by atoms with E-state index in [-0.39, 0.29) is 0 Å². The minimum absolute atomic E-state index is 0.528. The van der Waals surface area contributed by atoms with Crippen molar-refractivity contribution in [1.29, 1.82) is 0 Å². The average molecular weight is 225 g/mol. The highest BCUT2D eigenvalue weighted by molar-refractivity contribution is 4.88. The van der Waals surface area contributed by atoms with Crippen molar-refractivity contribution in [1.82, 2.24) is 15.1 Å². The van der Waals surface area contributed by atoms with Crippen LogP contribution in [0.4, 0.5) is 0 Å². The van der Waals surface area contributed by atoms with E-state index in [0.29, 0.717) is 11.5 Å². The minimum Gasteiger partial charge on any atom is -0.316 e. The van der Waals surface area contributed by atoms with Crippen LogP contribution in [0.25, 0.3) is 0 Å². The van der Waals surface area contributed by atoms with Crippen molar-refractivity contribution in [2.24, 2.45) is 5.41 Å². The Labute approximate surface area is 100 Å². The number of hydrogen-bond donors (Lipinski definition) is 1. The Kier molecular flexibility index (Phi) is 3.88. The number of nitrogens with zero attached hydrogens (tertiary/aromatic N) is 2. The zero-order chi connectivity index (χ0) is 11.6. The first-order valence-corrected chi connectivity index (χ1v) is 6.76. The van der Waals surface area contributed by atoms with Gasteiger partial charge in [-0.15, -0.1) is 0 Å². The Morgan fingerprint density at radius 2 is 1.88 bits per heavy atom. The van der Waals surface area contributed by atoms with E-state index in [9.17, 15) is 0 Å². The number of nitrogens with one attached hydrogen (secondary N) is 1. The van der Waals surface area contributed by atoms with Crippen LogP contribution in [0.3, 0.4) is 0 Å². The van der Waals surface area contributed by atoms with E-state index in [1.54, 1.807) is 0 Å². The summed E-state index contributed by atoms with van der Waals surface area (Å²) in [6.07, 6.45) is 1.34. The maximum Gasteiger partial charge on any atom is 0.0113 e. The van der Waals surface area contributed by atoms with E-state index in [4.69, 9.17) is 0 Å². The lowest BCUT2D eigenvalue weighted by Gasteiger charge is -2.40. The van der Waals surface area contributed by atoms with Crippen LogP contribution >= 0.6 is 0 Å². The summed E-state index contributed by atoms with van der Waals surface area (Å²) < 4.78 is 0. The molecule has 0 bridgehead atoms. The summed E-state index contributed by atoms with van der Waals surface area (Å²) in [5.41, 5.74) is 0.528. The molecule has 2 rings (SSSR count). The van der Waals surface area contributed by atoms with Crippen LogP contribution in [0, 0.1) is 5.41 Å². The molecule has 0 saturated carbocycles. The molecule has 2 fully saturated rings. The fraction of sp³-hybridized carbons (Fsp3) is 1.00. The molecule has 2 aliphatic rings. The van der Waals surface area contributed by atoms with Crippen LogP contribution in [-0.4, -0.2) is 61.7 Å². The molecular formula is C13H27N3. The zero-order valence-electron chi connectivity index (χ0n) is 11.1. The second-order valence-corrected chi connectivity index (χ2v) is 6.14. The normalized spacial score (nSPS) is 33.8. The fourth-order valence-corrected chi connectivity index (χ4v) is 2.98. The van der Waals surface area contributed by atoms with Gasteiger partial charge in [0.05, 0.1) is 0 Å². The van der Waals surface area contributed by atoms with Gasteiger partial charge in [0, 0.05) is 45.3 Å². The monoisotopic (exact) mass is 225 g/mol. The summed E-state index contributed by atoms with van der Waals surface area (Å²) in [5.74, 6) is 0. The third-order valence-electron chi connectivity index (χ3n) is 4.20. The molecule has 16 heavy (non-hydrogen) atoms. The highest BCUT2D eigenvalue weighted by atomic mass is 15.3. The maximum absolute atomic E-state index is 3.49.